The Morgan fingerprint density at radius 2 is 0.926 bits per heavy atom. The van der Waals surface area contributed by atoms with E-state index in [0.29, 0.717) is 5.56 Å². The van der Waals surface area contributed by atoms with Crippen molar-refractivity contribution in [2.45, 2.75) is 6.42 Å². The molecule has 0 atom stereocenters. The fourth-order valence-electron chi connectivity index (χ4n) is 8.00. The van der Waals surface area contributed by atoms with Gasteiger partial charge in [0, 0.05) is 21.9 Å². The lowest BCUT2D eigenvalue weighted by Gasteiger charge is -2.18. The molecule has 1 aromatic heterocycles. The van der Waals surface area contributed by atoms with Gasteiger partial charge in [0.1, 0.15) is 11.2 Å². The van der Waals surface area contributed by atoms with Crippen molar-refractivity contribution in [3.63, 3.8) is 0 Å². The number of para-hydroxylation sites is 2. The fourth-order valence-corrected chi connectivity index (χ4v) is 8.00. The van der Waals surface area contributed by atoms with Gasteiger partial charge in [-0.15, -0.1) is 0 Å². The van der Waals surface area contributed by atoms with Crippen molar-refractivity contribution in [1.29, 1.82) is 0 Å². The summed E-state index contributed by atoms with van der Waals surface area (Å²) in [6, 6.07) is 31.0. The molecule has 0 spiro atoms. The molecule has 252 valence electrons. The molecular formula is C53H34O. The van der Waals surface area contributed by atoms with E-state index in [9.17, 15) is 5.48 Å². The Bertz CT molecular complexity index is 3890. The van der Waals surface area contributed by atoms with Gasteiger partial charge in [0.25, 0.3) is 0 Å². The molecule has 0 N–H and O–H groups in total. The van der Waals surface area contributed by atoms with Crippen LogP contribution in [-0.2, 0) is 6.42 Å². The Balaban J connectivity index is 1.13. The first-order valence-electron chi connectivity index (χ1n) is 24.2. The standard InChI is InChI=1S/C53H34O/c1-2-13-34(14-3-1)31-50-43-18-6-8-20-45(43)51(46-21-9-7-19-44(46)50)39-30-28-36-32-38(29-27-37(36)33-39)41-22-11-25-48-49-26-12-24-47(53(49)54-52(41)48)42-23-10-16-35-15-4-5-17-40(35)42/h1-30,32-33H,31H2/i1D,2D,3D,6D,7D,8D,9D,13D,14D,18D,19D,20D,21D. The maximum absolute atomic E-state index is 9.31. The van der Waals surface area contributed by atoms with Gasteiger partial charge in [-0.3, -0.25) is 0 Å². The van der Waals surface area contributed by atoms with E-state index in [-0.39, 0.29) is 38.2 Å². The van der Waals surface area contributed by atoms with Crippen molar-refractivity contribution in [2.24, 2.45) is 0 Å². The minimum absolute atomic E-state index is 0.0132. The maximum Gasteiger partial charge on any atom is 0.143 e. The first kappa shape index (κ1) is 20.3. The molecule has 54 heavy (non-hydrogen) atoms. The Kier molecular flexibility index (Phi) is 4.64. The van der Waals surface area contributed by atoms with Gasteiger partial charge in [-0.1, -0.05) is 182 Å². The predicted octanol–water partition coefficient (Wildman–Crippen LogP) is 14.8. The Morgan fingerprint density at radius 1 is 0.389 bits per heavy atom. The zero-order valence-corrected chi connectivity index (χ0v) is 28.6. The van der Waals surface area contributed by atoms with Crippen LogP contribution < -0.4 is 0 Å². The van der Waals surface area contributed by atoms with Gasteiger partial charge in [0.15, 0.2) is 0 Å². The molecule has 0 bridgehead atoms. The summed E-state index contributed by atoms with van der Waals surface area (Å²) in [5, 5.41) is 5.55. The first-order valence-corrected chi connectivity index (χ1v) is 17.7. The largest absolute Gasteiger partial charge is 0.455 e. The third-order valence-corrected chi connectivity index (χ3v) is 10.4. The Hall–Kier alpha value is -6.96. The van der Waals surface area contributed by atoms with E-state index in [1.54, 1.807) is 6.07 Å². The summed E-state index contributed by atoms with van der Waals surface area (Å²) < 4.78 is 121. The molecule has 0 amide bonds. The molecule has 0 fully saturated rings. The van der Waals surface area contributed by atoms with E-state index < -0.39 is 85.0 Å². The summed E-state index contributed by atoms with van der Waals surface area (Å²) in [5.41, 5.74) is 5.68. The van der Waals surface area contributed by atoms with Crippen molar-refractivity contribution < 1.29 is 22.2 Å². The SMILES string of the molecule is [2H]c1c([2H])c([2H])c(Cc2c3c([2H])c([2H])c([2H])c([2H])c3c(-c3ccc4cc(-c5cccc6c5oc5c(-c7cccc8ccccc78)cccc56)ccc4c3)c3c([2H])c([2H])c([2H])c([2H])c23)c([2H])c1[2H]. The van der Waals surface area contributed by atoms with E-state index in [4.69, 9.17) is 16.8 Å². The molecule has 0 saturated heterocycles. The smallest absolute Gasteiger partial charge is 0.143 e. The summed E-state index contributed by atoms with van der Waals surface area (Å²) >= 11 is 0. The van der Waals surface area contributed by atoms with Crippen LogP contribution in [0.4, 0.5) is 0 Å². The van der Waals surface area contributed by atoms with Gasteiger partial charge in [0.2, 0.25) is 0 Å². The normalized spacial score (nSPS) is 15.1. The highest BCUT2D eigenvalue weighted by Gasteiger charge is 2.18. The molecule has 11 aromatic rings. The van der Waals surface area contributed by atoms with Crippen LogP contribution in [0.3, 0.4) is 0 Å². The first-order chi connectivity index (χ1) is 32.2. The number of benzene rings is 10. The van der Waals surface area contributed by atoms with Crippen molar-refractivity contribution in [1.82, 2.24) is 0 Å². The molecule has 0 unspecified atom stereocenters. The molecule has 0 saturated carbocycles. The lowest BCUT2D eigenvalue weighted by molar-refractivity contribution is 0.671. The van der Waals surface area contributed by atoms with E-state index in [2.05, 4.69) is 48.5 Å². The predicted molar refractivity (Wildman–Crippen MR) is 229 cm³/mol. The van der Waals surface area contributed by atoms with Gasteiger partial charge >= 0.3 is 0 Å². The number of hydrogen-bond donors (Lipinski definition) is 0. The summed E-state index contributed by atoms with van der Waals surface area (Å²) in [5.74, 6) is 0. The second-order valence-electron chi connectivity index (χ2n) is 13.4. The van der Waals surface area contributed by atoms with E-state index >= 15 is 0 Å². The summed E-state index contributed by atoms with van der Waals surface area (Å²) in [7, 11) is 0. The quantitative estimate of drug-likeness (QED) is 0.163. The topological polar surface area (TPSA) is 13.1 Å². The van der Waals surface area contributed by atoms with E-state index in [0.717, 1.165) is 65.7 Å². The summed E-state index contributed by atoms with van der Waals surface area (Å²) in [4.78, 5) is 0. The average molecular weight is 700 g/mol. The molecule has 1 heterocycles. The highest BCUT2D eigenvalue weighted by Crippen LogP contribution is 2.44. The molecule has 11 rings (SSSR count). The van der Waals surface area contributed by atoms with Crippen LogP contribution in [0, 0.1) is 0 Å². The van der Waals surface area contributed by atoms with Crippen LogP contribution in [0.15, 0.2) is 198 Å². The lowest BCUT2D eigenvalue weighted by Crippen LogP contribution is -1.95. The van der Waals surface area contributed by atoms with Gasteiger partial charge in [-0.05, 0) is 95.0 Å². The average Bonchev–Trinajstić information content (AvgIpc) is 3.74. The molecule has 10 aromatic carbocycles. The fraction of sp³-hybridized carbons (Fsp3) is 0.0189. The molecule has 1 heteroatoms. The monoisotopic (exact) mass is 699 g/mol. The zero-order chi connectivity index (χ0) is 46.9. The molecule has 1 nitrogen and oxygen atoms in total. The van der Waals surface area contributed by atoms with Crippen molar-refractivity contribution in [2.75, 3.05) is 0 Å². The van der Waals surface area contributed by atoms with Crippen molar-refractivity contribution in [3.05, 3.63) is 205 Å². The van der Waals surface area contributed by atoms with Gasteiger partial charge < -0.3 is 4.42 Å². The summed E-state index contributed by atoms with van der Waals surface area (Å²) in [6.45, 7) is 0. The third kappa shape index (κ3) is 4.86. The Morgan fingerprint density at radius 3 is 1.67 bits per heavy atom. The molecular weight excluding hydrogens is 653 g/mol. The number of hydrogen-bond acceptors (Lipinski definition) is 1. The highest BCUT2D eigenvalue weighted by atomic mass is 16.3. The molecule has 0 aliphatic heterocycles. The summed E-state index contributed by atoms with van der Waals surface area (Å²) in [6.07, 6.45) is -0.490. The van der Waals surface area contributed by atoms with Crippen LogP contribution >= 0.6 is 0 Å². The zero-order valence-electron chi connectivity index (χ0n) is 41.6. The van der Waals surface area contributed by atoms with Gasteiger partial charge in [0.05, 0.1) is 17.8 Å². The van der Waals surface area contributed by atoms with Crippen molar-refractivity contribution >= 4 is 65.0 Å². The number of fused-ring (bicyclic) bond motifs is 7. The molecule has 0 aliphatic carbocycles. The molecule has 0 radical (unpaired) electrons. The third-order valence-electron chi connectivity index (χ3n) is 10.4. The highest BCUT2D eigenvalue weighted by molar-refractivity contribution is 6.17. The van der Waals surface area contributed by atoms with Crippen LogP contribution in [0.1, 0.15) is 28.9 Å². The number of furan rings is 1. The van der Waals surface area contributed by atoms with Crippen LogP contribution in [0.25, 0.3) is 98.4 Å². The maximum atomic E-state index is 9.31. The number of rotatable bonds is 5. The van der Waals surface area contributed by atoms with Gasteiger partial charge in [-0.2, -0.15) is 0 Å². The lowest BCUT2D eigenvalue weighted by atomic mass is 9.86. The van der Waals surface area contributed by atoms with Crippen LogP contribution in [0.2, 0.25) is 0 Å². The second-order valence-corrected chi connectivity index (χ2v) is 13.4. The van der Waals surface area contributed by atoms with E-state index in [1.807, 2.05) is 60.7 Å². The molecule has 0 aliphatic rings. The van der Waals surface area contributed by atoms with Gasteiger partial charge in [-0.25, -0.2) is 0 Å². The van der Waals surface area contributed by atoms with E-state index in [1.165, 1.54) is 0 Å². The van der Waals surface area contributed by atoms with Crippen molar-refractivity contribution in [3.8, 4) is 33.4 Å². The minimum atomic E-state index is -0.617. The van der Waals surface area contributed by atoms with Crippen LogP contribution in [-0.4, -0.2) is 0 Å². The second kappa shape index (κ2) is 12.3. The minimum Gasteiger partial charge on any atom is -0.455 e. The Labute approximate surface area is 331 Å². The van der Waals surface area contributed by atoms with Crippen LogP contribution in [0.5, 0.6) is 0 Å².